The Hall–Kier alpha value is 0.314. The van der Waals surface area contributed by atoms with Gasteiger partial charge in [-0.3, -0.25) is 0 Å². The molecule has 0 unspecified atom stereocenters. The van der Waals surface area contributed by atoms with Crippen LogP contribution in [0.1, 0.15) is 0 Å². The highest BCUT2D eigenvalue weighted by molar-refractivity contribution is 6.79. The Morgan fingerprint density at radius 3 is 1.27 bits per heavy atom. The van der Waals surface area contributed by atoms with Crippen molar-refractivity contribution < 1.29 is 13.0 Å². The van der Waals surface area contributed by atoms with E-state index in [1.807, 2.05) is 6.55 Å². The second-order valence-corrected chi connectivity index (χ2v) is 11.1. The van der Waals surface area contributed by atoms with Gasteiger partial charge in [-0.2, -0.15) is 0 Å². The van der Waals surface area contributed by atoms with Crippen LogP contribution in [0.5, 0.6) is 0 Å². The van der Waals surface area contributed by atoms with Gasteiger partial charge in [-0.05, 0) is 19.6 Å². The third kappa shape index (κ3) is 4.70. The second kappa shape index (κ2) is 3.82. The highest BCUT2D eigenvalue weighted by Gasteiger charge is 2.37. The molecule has 0 aromatic carbocycles. The minimum absolute atomic E-state index is 1.52. The largest absolute Gasteiger partial charge is 0.486 e. The Morgan fingerprint density at radius 2 is 1.18 bits per heavy atom. The molecule has 11 heavy (non-hydrogen) atoms. The van der Waals surface area contributed by atoms with E-state index >= 15 is 0 Å². The van der Waals surface area contributed by atoms with Gasteiger partial charge < -0.3 is 13.0 Å². The van der Waals surface area contributed by atoms with Crippen molar-refractivity contribution in [2.75, 3.05) is 14.2 Å². The quantitative estimate of drug-likeness (QED) is 0.638. The molecule has 0 radical (unpaired) electrons. The average molecular weight is 194 g/mol. The van der Waals surface area contributed by atoms with Gasteiger partial charge in [-0.25, -0.2) is 0 Å². The smallest absolute Gasteiger partial charge is 0.416 e. The number of hydrogen-bond donors (Lipinski definition) is 0. The van der Waals surface area contributed by atoms with Gasteiger partial charge in [0.15, 0.2) is 8.32 Å². The normalized spacial score (nSPS) is 13.6. The van der Waals surface area contributed by atoms with Crippen LogP contribution in [0, 0.1) is 0 Å². The zero-order valence-electron chi connectivity index (χ0n) is 8.22. The molecule has 0 amide bonds. The first-order chi connectivity index (χ1) is 4.83. The monoisotopic (exact) mass is 194 g/mol. The van der Waals surface area contributed by atoms with Crippen LogP contribution in [0.3, 0.4) is 0 Å². The molecule has 0 aliphatic carbocycles. The molecule has 5 heteroatoms. The molecule has 0 atom stereocenters. The summed E-state index contributed by atoms with van der Waals surface area (Å²) in [6.07, 6.45) is 0. The maximum atomic E-state index is 5.76. The van der Waals surface area contributed by atoms with Crippen LogP contribution in [0.25, 0.3) is 0 Å². The summed E-state index contributed by atoms with van der Waals surface area (Å²) in [7, 11) is -0.524. The summed E-state index contributed by atoms with van der Waals surface area (Å²) in [5.74, 6) is 0. The van der Waals surface area contributed by atoms with Crippen molar-refractivity contribution in [1.82, 2.24) is 0 Å². The van der Waals surface area contributed by atoms with Crippen molar-refractivity contribution in [2.24, 2.45) is 0 Å². The van der Waals surface area contributed by atoms with Gasteiger partial charge in [0.05, 0.1) is 0 Å². The average Bonchev–Trinajstić information content (AvgIpc) is 1.84. The molecular weight excluding hydrogens is 176 g/mol. The lowest BCUT2D eigenvalue weighted by Gasteiger charge is -2.29. The lowest BCUT2D eigenvalue weighted by Crippen LogP contribution is -2.48. The summed E-state index contributed by atoms with van der Waals surface area (Å²) >= 11 is 0. The number of rotatable bonds is 4. The Labute approximate surface area is 71.2 Å². The molecule has 0 saturated heterocycles. The Balaban J connectivity index is 4.08. The Morgan fingerprint density at radius 1 is 0.818 bits per heavy atom. The Kier molecular flexibility index (Phi) is 3.92. The van der Waals surface area contributed by atoms with E-state index in [9.17, 15) is 0 Å². The predicted molar refractivity (Wildman–Crippen MR) is 50.1 cm³/mol. The summed E-state index contributed by atoms with van der Waals surface area (Å²) in [5, 5.41) is 0. The van der Waals surface area contributed by atoms with Crippen molar-refractivity contribution in [2.45, 2.75) is 26.2 Å². The van der Waals surface area contributed by atoms with E-state index in [2.05, 4.69) is 19.6 Å². The maximum Gasteiger partial charge on any atom is 0.486 e. The summed E-state index contributed by atoms with van der Waals surface area (Å²) in [6, 6.07) is 0. The fraction of sp³-hybridized carbons (Fsp3) is 1.00. The van der Waals surface area contributed by atoms with E-state index in [-0.39, 0.29) is 0 Å². The molecule has 0 rings (SSSR count). The highest BCUT2D eigenvalue weighted by Crippen LogP contribution is 2.14. The molecule has 3 nitrogen and oxygen atoms in total. The van der Waals surface area contributed by atoms with Crippen molar-refractivity contribution in [3.05, 3.63) is 0 Å². The first-order valence-electron chi connectivity index (χ1n) is 3.63. The zero-order chi connectivity index (χ0) is 9.12. The molecule has 68 valence electrons. The van der Waals surface area contributed by atoms with Gasteiger partial charge in [-0.1, -0.05) is 0 Å². The SMILES string of the molecule is CO[Si](C)(OC)O[Si](C)(C)C. The van der Waals surface area contributed by atoms with Crippen LogP contribution in [0.4, 0.5) is 0 Å². The third-order valence-electron chi connectivity index (χ3n) is 1.23. The van der Waals surface area contributed by atoms with Crippen molar-refractivity contribution in [1.29, 1.82) is 0 Å². The van der Waals surface area contributed by atoms with Crippen molar-refractivity contribution in [3.63, 3.8) is 0 Å². The molecule has 0 fully saturated rings. The van der Waals surface area contributed by atoms with Gasteiger partial charge in [0.2, 0.25) is 0 Å². The molecule has 0 spiro atoms. The van der Waals surface area contributed by atoms with E-state index in [1.54, 1.807) is 14.2 Å². The van der Waals surface area contributed by atoms with Crippen LogP contribution in [0.15, 0.2) is 0 Å². The van der Waals surface area contributed by atoms with E-state index in [4.69, 9.17) is 13.0 Å². The van der Waals surface area contributed by atoms with E-state index in [0.717, 1.165) is 0 Å². The van der Waals surface area contributed by atoms with Gasteiger partial charge in [0.25, 0.3) is 0 Å². The fourth-order valence-electron chi connectivity index (χ4n) is 0.723. The van der Waals surface area contributed by atoms with Crippen LogP contribution in [-0.2, 0) is 13.0 Å². The third-order valence-corrected chi connectivity index (χ3v) is 6.65. The van der Waals surface area contributed by atoms with Crippen LogP contribution in [-0.4, -0.2) is 31.3 Å². The predicted octanol–water partition coefficient (Wildman–Crippen LogP) is 1.70. The van der Waals surface area contributed by atoms with Crippen LogP contribution >= 0.6 is 0 Å². The van der Waals surface area contributed by atoms with E-state index < -0.39 is 17.1 Å². The Bertz CT molecular complexity index is 117. The minimum atomic E-state index is -2.27. The van der Waals surface area contributed by atoms with Crippen molar-refractivity contribution in [3.8, 4) is 0 Å². The molecule has 0 N–H and O–H groups in total. The topological polar surface area (TPSA) is 27.7 Å². The summed E-state index contributed by atoms with van der Waals surface area (Å²) in [6.45, 7) is 8.27. The highest BCUT2D eigenvalue weighted by atomic mass is 28.5. The van der Waals surface area contributed by atoms with Gasteiger partial charge in [-0.15, -0.1) is 0 Å². The van der Waals surface area contributed by atoms with Gasteiger partial charge >= 0.3 is 8.80 Å². The molecular formula is C6H18O3Si2. The lowest BCUT2D eigenvalue weighted by atomic mass is 11.8. The first kappa shape index (κ1) is 11.3. The number of hydrogen-bond acceptors (Lipinski definition) is 3. The standard InChI is InChI=1S/C6H18O3Si2/c1-7-11(6,8-2)9-10(3,4)5/h1-6H3. The molecule has 0 bridgehead atoms. The minimum Gasteiger partial charge on any atom is -0.416 e. The molecule has 0 aromatic heterocycles. The maximum absolute atomic E-state index is 5.76. The van der Waals surface area contributed by atoms with E-state index in [0.29, 0.717) is 0 Å². The summed E-state index contributed by atoms with van der Waals surface area (Å²) in [4.78, 5) is 0. The summed E-state index contributed by atoms with van der Waals surface area (Å²) in [5.41, 5.74) is 0. The first-order valence-corrected chi connectivity index (χ1v) is 9.27. The van der Waals surface area contributed by atoms with Crippen LogP contribution < -0.4 is 0 Å². The second-order valence-electron chi connectivity index (χ2n) is 3.49. The molecule has 0 aliphatic rings. The zero-order valence-corrected chi connectivity index (χ0v) is 10.2. The molecule has 0 aliphatic heterocycles. The van der Waals surface area contributed by atoms with Gasteiger partial charge in [0.1, 0.15) is 0 Å². The molecule has 0 saturated carbocycles. The van der Waals surface area contributed by atoms with Gasteiger partial charge in [0, 0.05) is 20.8 Å². The molecule has 0 heterocycles. The van der Waals surface area contributed by atoms with E-state index in [1.165, 1.54) is 0 Å². The summed E-state index contributed by atoms with van der Waals surface area (Å²) < 4.78 is 16.1. The van der Waals surface area contributed by atoms with Crippen molar-refractivity contribution >= 4 is 17.1 Å². The lowest BCUT2D eigenvalue weighted by molar-refractivity contribution is 0.167. The van der Waals surface area contributed by atoms with Crippen LogP contribution in [0.2, 0.25) is 26.2 Å². The fourth-order valence-corrected chi connectivity index (χ4v) is 6.01. The molecule has 0 aromatic rings.